The average Bonchev–Trinajstić information content (AvgIpc) is 2.99. The predicted octanol–water partition coefficient (Wildman–Crippen LogP) is 1.62. The van der Waals surface area contributed by atoms with Gasteiger partial charge in [-0.05, 0) is 24.7 Å². The molecule has 2 rings (SSSR count). The molecule has 120 valence electrons. The van der Waals surface area contributed by atoms with Crippen LogP contribution in [0.15, 0.2) is 11.2 Å². The van der Waals surface area contributed by atoms with Crippen molar-refractivity contribution in [3.8, 4) is 0 Å². The number of hydrogen-bond donors (Lipinski definition) is 3. The van der Waals surface area contributed by atoms with E-state index in [1.165, 1.54) is 0 Å². The van der Waals surface area contributed by atoms with Gasteiger partial charge in [-0.2, -0.15) is 5.10 Å². The molecular formula is C14H26N4O2S. The second-order valence-electron chi connectivity index (χ2n) is 6.40. The van der Waals surface area contributed by atoms with Crippen LogP contribution in [0.4, 0.5) is 0 Å². The third kappa shape index (κ3) is 3.84. The van der Waals surface area contributed by atoms with E-state index in [0.717, 1.165) is 12.8 Å². The van der Waals surface area contributed by atoms with Crippen LogP contribution in [-0.2, 0) is 16.6 Å². The average molecular weight is 314 g/mol. The molecule has 0 spiro atoms. The van der Waals surface area contributed by atoms with Crippen LogP contribution in [0, 0.1) is 11.8 Å². The first-order chi connectivity index (χ1) is 9.81. The maximum atomic E-state index is 12.6. The molecule has 1 heterocycles. The zero-order valence-corrected chi connectivity index (χ0v) is 14.0. The van der Waals surface area contributed by atoms with Crippen molar-refractivity contribution >= 4 is 10.0 Å². The van der Waals surface area contributed by atoms with E-state index in [-0.39, 0.29) is 11.1 Å². The van der Waals surface area contributed by atoms with Gasteiger partial charge in [0, 0.05) is 24.2 Å². The molecule has 0 aromatic carbocycles. The summed E-state index contributed by atoms with van der Waals surface area (Å²) in [5, 5.41) is 9.92. The molecule has 1 aromatic rings. The summed E-state index contributed by atoms with van der Waals surface area (Å²) in [6, 6.07) is 0.304. The van der Waals surface area contributed by atoms with Gasteiger partial charge in [0.25, 0.3) is 10.0 Å². The molecule has 0 bridgehead atoms. The van der Waals surface area contributed by atoms with Gasteiger partial charge in [0.1, 0.15) is 0 Å². The van der Waals surface area contributed by atoms with Gasteiger partial charge < -0.3 is 5.32 Å². The second kappa shape index (κ2) is 6.46. The molecule has 1 aliphatic carbocycles. The van der Waals surface area contributed by atoms with Crippen molar-refractivity contribution < 1.29 is 8.42 Å². The zero-order valence-electron chi connectivity index (χ0n) is 13.2. The van der Waals surface area contributed by atoms with Crippen molar-refractivity contribution in [3.05, 3.63) is 11.8 Å². The third-order valence-electron chi connectivity index (χ3n) is 4.42. The molecule has 7 heteroatoms. The molecule has 1 saturated carbocycles. The first-order valence-corrected chi connectivity index (χ1v) is 9.07. The van der Waals surface area contributed by atoms with Gasteiger partial charge in [-0.15, -0.1) is 0 Å². The van der Waals surface area contributed by atoms with Crippen molar-refractivity contribution in [3.63, 3.8) is 0 Å². The predicted molar refractivity (Wildman–Crippen MR) is 82.2 cm³/mol. The van der Waals surface area contributed by atoms with E-state index in [9.17, 15) is 8.42 Å². The Kier molecular flexibility index (Phi) is 5.06. The summed E-state index contributed by atoms with van der Waals surface area (Å²) < 4.78 is 28.0. The monoisotopic (exact) mass is 314 g/mol. The topological polar surface area (TPSA) is 86.9 Å². The van der Waals surface area contributed by atoms with E-state index in [4.69, 9.17) is 0 Å². The number of rotatable bonds is 6. The molecule has 6 nitrogen and oxygen atoms in total. The summed E-state index contributed by atoms with van der Waals surface area (Å²) in [6.07, 6.45) is 3.54. The molecule has 0 radical (unpaired) electrons. The molecule has 1 aliphatic rings. The quantitative estimate of drug-likeness (QED) is 0.744. The number of hydrogen-bond acceptors (Lipinski definition) is 4. The Labute approximate surface area is 127 Å². The Hall–Kier alpha value is -0.920. The first kappa shape index (κ1) is 16.5. The Morgan fingerprint density at radius 2 is 2.10 bits per heavy atom. The van der Waals surface area contributed by atoms with Crippen molar-refractivity contribution in [2.75, 3.05) is 0 Å². The Bertz CT molecular complexity index is 567. The maximum Gasteiger partial charge on any atom is 0.258 e. The van der Waals surface area contributed by atoms with Crippen molar-refractivity contribution in [1.29, 1.82) is 0 Å². The van der Waals surface area contributed by atoms with Crippen LogP contribution in [-0.4, -0.2) is 30.7 Å². The number of nitrogens with one attached hydrogen (secondary N) is 3. The van der Waals surface area contributed by atoms with Crippen LogP contribution in [0.3, 0.4) is 0 Å². The number of aromatic amines is 1. The second-order valence-corrected chi connectivity index (χ2v) is 8.05. The molecule has 3 atom stereocenters. The summed E-state index contributed by atoms with van der Waals surface area (Å²) >= 11 is 0. The van der Waals surface area contributed by atoms with Gasteiger partial charge in [-0.1, -0.05) is 27.7 Å². The van der Waals surface area contributed by atoms with Gasteiger partial charge in [0.15, 0.2) is 5.03 Å². The highest BCUT2D eigenvalue weighted by Gasteiger charge is 2.34. The molecule has 0 saturated heterocycles. The normalized spacial score (nSPS) is 26.6. The lowest BCUT2D eigenvalue weighted by Crippen LogP contribution is -2.38. The van der Waals surface area contributed by atoms with Crippen LogP contribution in [0.25, 0.3) is 0 Å². The summed E-state index contributed by atoms with van der Waals surface area (Å²) in [7, 11) is -3.54. The van der Waals surface area contributed by atoms with Gasteiger partial charge in [-0.25, -0.2) is 13.1 Å². The lowest BCUT2D eigenvalue weighted by atomic mass is 9.98. The van der Waals surface area contributed by atoms with E-state index >= 15 is 0 Å². The first-order valence-electron chi connectivity index (χ1n) is 7.59. The highest BCUT2D eigenvalue weighted by molar-refractivity contribution is 7.89. The van der Waals surface area contributed by atoms with Crippen LogP contribution in [0.2, 0.25) is 0 Å². The van der Waals surface area contributed by atoms with Crippen molar-refractivity contribution in [2.24, 2.45) is 11.8 Å². The van der Waals surface area contributed by atoms with Crippen molar-refractivity contribution in [2.45, 2.75) is 64.2 Å². The molecule has 1 aromatic heterocycles. The zero-order chi connectivity index (χ0) is 15.6. The molecule has 0 aliphatic heterocycles. The molecular weight excluding hydrogens is 288 g/mol. The minimum Gasteiger partial charge on any atom is -0.310 e. The van der Waals surface area contributed by atoms with Crippen molar-refractivity contribution in [1.82, 2.24) is 20.2 Å². The van der Waals surface area contributed by atoms with Crippen LogP contribution >= 0.6 is 0 Å². The Morgan fingerprint density at radius 3 is 2.67 bits per heavy atom. The Morgan fingerprint density at radius 1 is 1.38 bits per heavy atom. The lowest BCUT2D eigenvalue weighted by Gasteiger charge is -2.19. The standard InChI is InChI=1S/C14H26N4O2S/c1-9(2)15-7-12-8-16-17-14(12)21(19,20)18-13-6-5-10(3)11(13)4/h8-11,13,15,18H,5-7H2,1-4H3,(H,16,17). The maximum absolute atomic E-state index is 12.6. The minimum absolute atomic E-state index is 0.0132. The van der Waals surface area contributed by atoms with E-state index in [1.807, 2.05) is 13.8 Å². The largest absolute Gasteiger partial charge is 0.310 e. The van der Waals surface area contributed by atoms with Crippen LogP contribution in [0.5, 0.6) is 0 Å². The molecule has 21 heavy (non-hydrogen) atoms. The summed E-state index contributed by atoms with van der Waals surface area (Å²) in [5.41, 5.74) is 0.676. The molecule has 3 N–H and O–H groups in total. The number of aromatic nitrogens is 2. The summed E-state index contributed by atoms with van der Waals surface area (Å²) in [4.78, 5) is 0. The minimum atomic E-state index is -3.54. The fourth-order valence-electron chi connectivity index (χ4n) is 2.76. The molecule has 0 amide bonds. The number of H-pyrrole nitrogens is 1. The Balaban J connectivity index is 2.11. The third-order valence-corrected chi connectivity index (χ3v) is 5.92. The summed E-state index contributed by atoms with van der Waals surface area (Å²) in [5.74, 6) is 0.918. The molecule has 3 unspecified atom stereocenters. The van der Waals surface area contributed by atoms with Gasteiger partial charge in [0.2, 0.25) is 0 Å². The van der Waals surface area contributed by atoms with E-state index in [1.54, 1.807) is 6.20 Å². The fraction of sp³-hybridized carbons (Fsp3) is 0.786. The van der Waals surface area contributed by atoms with E-state index in [2.05, 4.69) is 34.1 Å². The smallest absolute Gasteiger partial charge is 0.258 e. The van der Waals surface area contributed by atoms with E-state index in [0.29, 0.717) is 30.0 Å². The number of sulfonamides is 1. The molecule has 1 fully saturated rings. The van der Waals surface area contributed by atoms with Crippen LogP contribution in [0.1, 0.15) is 46.1 Å². The highest BCUT2D eigenvalue weighted by Crippen LogP contribution is 2.32. The number of nitrogens with zero attached hydrogens (tertiary/aromatic N) is 1. The fourth-order valence-corrected chi connectivity index (χ4v) is 4.25. The highest BCUT2D eigenvalue weighted by atomic mass is 32.2. The summed E-state index contributed by atoms with van der Waals surface area (Å²) in [6.45, 7) is 8.81. The van der Waals surface area contributed by atoms with Gasteiger partial charge >= 0.3 is 0 Å². The van der Waals surface area contributed by atoms with Crippen LogP contribution < -0.4 is 10.0 Å². The van der Waals surface area contributed by atoms with E-state index < -0.39 is 10.0 Å². The van der Waals surface area contributed by atoms with Gasteiger partial charge in [-0.3, -0.25) is 5.10 Å². The lowest BCUT2D eigenvalue weighted by molar-refractivity contribution is 0.401. The SMILES string of the molecule is CC(C)NCc1cn[nH]c1S(=O)(=O)NC1CCC(C)C1C. The van der Waals surface area contributed by atoms with Gasteiger partial charge in [0.05, 0.1) is 6.20 Å².